The molecule has 1 aromatic rings. The summed E-state index contributed by atoms with van der Waals surface area (Å²) < 4.78 is 37.1. The highest BCUT2D eigenvalue weighted by Gasteiger charge is 2.34. The van der Waals surface area contributed by atoms with Gasteiger partial charge in [-0.25, -0.2) is 0 Å². The molecular formula is C7H2Cl2F3N3. The smallest absolute Gasteiger partial charge is 0.166 e. The molecule has 0 fully saturated rings. The Hall–Kier alpha value is -1.10. The van der Waals surface area contributed by atoms with Crippen LogP contribution in [-0.4, -0.2) is 0 Å². The molecule has 0 aliphatic heterocycles. The van der Waals surface area contributed by atoms with Gasteiger partial charge in [0.25, 0.3) is 0 Å². The van der Waals surface area contributed by atoms with E-state index in [0.29, 0.717) is 6.07 Å². The van der Waals surface area contributed by atoms with Crippen LogP contribution in [0.2, 0.25) is 10.0 Å². The van der Waals surface area contributed by atoms with Gasteiger partial charge < -0.3 is 0 Å². The number of alkyl halides is 3. The van der Waals surface area contributed by atoms with E-state index in [1.165, 1.54) is 0 Å². The Morgan fingerprint density at radius 2 is 1.87 bits per heavy atom. The first-order valence-corrected chi connectivity index (χ1v) is 4.23. The third-order valence-corrected chi connectivity index (χ3v) is 2.09. The summed E-state index contributed by atoms with van der Waals surface area (Å²) in [5, 5.41) is 2.14. The summed E-state index contributed by atoms with van der Waals surface area (Å²) in [6, 6.07) is 1.72. The van der Waals surface area contributed by atoms with Crippen LogP contribution in [0.5, 0.6) is 0 Å². The molecule has 0 amide bonds. The number of benzene rings is 1. The van der Waals surface area contributed by atoms with Crippen LogP contribution >= 0.6 is 23.2 Å². The van der Waals surface area contributed by atoms with Crippen molar-refractivity contribution >= 4 is 28.9 Å². The zero-order valence-electron chi connectivity index (χ0n) is 6.89. The van der Waals surface area contributed by atoms with Gasteiger partial charge in [-0.3, -0.25) is 0 Å². The highest BCUT2D eigenvalue weighted by Crippen LogP contribution is 2.41. The second-order valence-electron chi connectivity index (χ2n) is 2.47. The van der Waals surface area contributed by atoms with Crippen LogP contribution in [0.25, 0.3) is 10.4 Å². The molecule has 1 rings (SSSR count). The lowest BCUT2D eigenvalue weighted by molar-refractivity contribution is -0.137. The number of azide groups is 1. The second kappa shape index (κ2) is 4.18. The summed E-state index contributed by atoms with van der Waals surface area (Å²) in [7, 11) is 0. The molecule has 1 aromatic carbocycles. The summed E-state index contributed by atoms with van der Waals surface area (Å²) in [6.45, 7) is 0. The van der Waals surface area contributed by atoms with Crippen molar-refractivity contribution < 1.29 is 13.2 Å². The largest absolute Gasteiger partial charge is 0.417 e. The molecule has 0 saturated carbocycles. The van der Waals surface area contributed by atoms with Gasteiger partial charge in [0.15, 0.2) is 0 Å². The third kappa shape index (κ3) is 2.68. The molecular weight excluding hydrogens is 254 g/mol. The van der Waals surface area contributed by atoms with Crippen LogP contribution in [0.15, 0.2) is 17.2 Å². The molecule has 0 unspecified atom stereocenters. The van der Waals surface area contributed by atoms with Crippen LogP contribution in [0, 0.1) is 0 Å². The van der Waals surface area contributed by atoms with Crippen molar-refractivity contribution in [3.63, 3.8) is 0 Å². The Balaban J connectivity index is 3.48. The Bertz CT molecular complexity index is 438. The lowest BCUT2D eigenvalue weighted by atomic mass is 10.2. The van der Waals surface area contributed by atoms with Gasteiger partial charge in [0.1, 0.15) is 0 Å². The average Bonchev–Trinajstić information content (AvgIpc) is 2.09. The molecule has 80 valence electrons. The number of rotatable bonds is 1. The Kier molecular flexibility index (Phi) is 3.34. The van der Waals surface area contributed by atoms with Gasteiger partial charge in [-0.15, -0.1) is 0 Å². The maximum Gasteiger partial charge on any atom is 0.417 e. The van der Waals surface area contributed by atoms with Crippen LogP contribution < -0.4 is 0 Å². The van der Waals surface area contributed by atoms with Gasteiger partial charge in [-0.1, -0.05) is 28.3 Å². The quantitative estimate of drug-likeness (QED) is 0.387. The maximum atomic E-state index is 12.4. The van der Waals surface area contributed by atoms with Gasteiger partial charge in [0.2, 0.25) is 0 Å². The SMILES string of the molecule is [N-]=[N+]=Nc1cc(Cl)cc(C(F)(F)F)c1Cl. The molecule has 0 N–H and O–H groups in total. The Morgan fingerprint density at radius 1 is 1.27 bits per heavy atom. The average molecular weight is 256 g/mol. The zero-order valence-corrected chi connectivity index (χ0v) is 8.40. The van der Waals surface area contributed by atoms with Crippen LogP contribution in [0.1, 0.15) is 5.56 Å². The lowest BCUT2D eigenvalue weighted by Gasteiger charge is -2.10. The standard InChI is InChI=1S/C7H2Cl2F3N3/c8-3-1-4(7(10,11)12)6(9)5(2-3)14-15-13/h1-2H. The molecule has 0 aliphatic rings. The van der Waals surface area contributed by atoms with Crippen molar-refractivity contribution in [2.24, 2.45) is 5.11 Å². The first-order valence-electron chi connectivity index (χ1n) is 3.47. The van der Waals surface area contributed by atoms with Crippen molar-refractivity contribution in [1.82, 2.24) is 0 Å². The normalized spacial score (nSPS) is 11.0. The summed E-state index contributed by atoms with van der Waals surface area (Å²) in [6.07, 6.45) is -4.64. The maximum absolute atomic E-state index is 12.4. The number of halogens is 5. The van der Waals surface area contributed by atoms with Crippen molar-refractivity contribution in [3.05, 3.63) is 38.2 Å². The minimum Gasteiger partial charge on any atom is -0.166 e. The van der Waals surface area contributed by atoms with Crippen molar-refractivity contribution in [1.29, 1.82) is 0 Å². The van der Waals surface area contributed by atoms with Crippen LogP contribution in [0.3, 0.4) is 0 Å². The first kappa shape index (κ1) is 12.0. The van der Waals surface area contributed by atoms with E-state index in [-0.39, 0.29) is 10.7 Å². The summed E-state index contributed by atoms with van der Waals surface area (Å²) >= 11 is 10.8. The van der Waals surface area contributed by atoms with Gasteiger partial charge in [0, 0.05) is 9.93 Å². The fraction of sp³-hybridized carbons (Fsp3) is 0.143. The van der Waals surface area contributed by atoms with E-state index in [1.807, 2.05) is 0 Å². The van der Waals surface area contributed by atoms with E-state index in [2.05, 4.69) is 10.0 Å². The van der Waals surface area contributed by atoms with Crippen molar-refractivity contribution in [3.8, 4) is 0 Å². The van der Waals surface area contributed by atoms with E-state index in [0.717, 1.165) is 6.07 Å². The van der Waals surface area contributed by atoms with Gasteiger partial charge in [-0.05, 0) is 17.7 Å². The number of hydrogen-bond donors (Lipinski definition) is 0. The monoisotopic (exact) mass is 255 g/mol. The molecule has 3 nitrogen and oxygen atoms in total. The van der Waals surface area contributed by atoms with Crippen molar-refractivity contribution in [2.75, 3.05) is 0 Å². The number of nitrogens with zero attached hydrogens (tertiary/aromatic N) is 3. The minimum absolute atomic E-state index is 0.200. The third-order valence-electron chi connectivity index (χ3n) is 1.48. The Labute approximate surface area is 92.0 Å². The minimum atomic E-state index is -4.64. The zero-order chi connectivity index (χ0) is 11.6. The van der Waals surface area contributed by atoms with E-state index in [9.17, 15) is 13.2 Å². The van der Waals surface area contributed by atoms with Gasteiger partial charge in [-0.2, -0.15) is 13.2 Å². The second-order valence-corrected chi connectivity index (χ2v) is 3.29. The molecule has 0 atom stereocenters. The van der Waals surface area contributed by atoms with Gasteiger partial charge >= 0.3 is 6.18 Å². The topological polar surface area (TPSA) is 48.8 Å². The molecule has 0 radical (unpaired) electrons. The van der Waals surface area contributed by atoms with Gasteiger partial charge in [0.05, 0.1) is 16.3 Å². The van der Waals surface area contributed by atoms with Crippen molar-refractivity contribution in [2.45, 2.75) is 6.18 Å². The van der Waals surface area contributed by atoms with E-state index < -0.39 is 16.8 Å². The molecule has 15 heavy (non-hydrogen) atoms. The molecule has 0 saturated heterocycles. The fourth-order valence-corrected chi connectivity index (χ4v) is 1.37. The molecule has 0 aromatic heterocycles. The van der Waals surface area contributed by atoms with Crippen LogP contribution in [0.4, 0.5) is 18.9 Å². The molecule has 0 bridgehead atoms. The predicted molar refractivity (Wildman–Crippen MR) is 50.3 cm³/mol. The predicted octanol–water partition coefficient (Wildman–Crippen LogP) is 4.95. The Morgan fingerprint density at radius 3 is 2.33 bits per heavy atom. The molecule has 0 spiro atoms. The molecule has 8 heteroatoms. The summed E-state index contributed by atoms with van der Waals surface area (Å²) in [4.78, 5) is 2.35. The molecule has 0 heterocycles. The molecule has 0 aliphatic carbocycles. The highest BCUT2D eigenvalue weighted by atomic mass is 35.5. The summed E-state index contributed by atoms with van der Waals surface area (Å²) in [5.74, 6) is 0. The van der Waals surface area contributed by atoms with Crippen LogP contribution in [-0.2, 0) is 6.18 Å². The van der Waals surface area contributed by atoms with E-state index in [4.69, 9.17) is 28.7 Å². The first-order chi connectivity index (χ1) is 6.86. The van der Waals surface area contributed by atoms with E-state index in [1.54, 1.807) is 0 Å². The lowest BCUT2D eigenvalue weighted by Crippen LogP contribution is -2.05. The number of hydrogen-bond acceptors (Lipinski definition) is 1. The fourth-order valence-electron chi connectivity index (χ4n) is 0.902. The highest BCUT2D eigenvalue weighted by molar-refractivity contribution is 6.35. The van der Waals surface area contributed by atoms with E-state index >= 15 is 0 Å². The summed E-state index contributed by atoms with van der Waals surface area (Å²) in [5.41, 5.74) is 6.63.